The fraction of sp³-hybridized carbons (Fsp3) is 0.182. The van der Waals surface area contributed by atoms with E-state index in [9.17, 15) is 8.42 Å². The number of hydrogen-bond donors (Lipinski definition) is 0. The van der Waals surface area contributed by atoms with Gasteiger partial charge in [-0.05, 0) is 18.2 Å². The van der Waals surface area contributed by atoms with Gasteiger partial charge in [-0.3, -0.25) is 0 Å². The van der Waals surface area contributed by atoms with Gasteiger partial charge in [0.25, 0.3) is 0 Å². The summed E-state index contributed by atoms with van der Waals surface area (Å²) in [6, 6.07) is 6.00. The smallest absolute Gasteiger partial charge is 0.207 e. The van der Waals surface area contributed by atoms with Crippen LogP contribution in [0, 0.1) is 11.3 Å². The van der Waals surface area contributed by atoms with Crippen LogP contribution in [0.2, 0.25) is 5.02 Å². The summed E-state index contributed by atoms with van der Waals surface area (Å²) in [6.07, 6.45) is 1.47. The molecular formula is C11H11ClN2O2S. The third-order valence-corrected chi connectivity index (χ3v) is 4.44. The van der Waals surface area contributed by atoms with Gasteiger partial charge in [-0.2, -0.15) is 9.57 Å². The van der Waals surface area contributed by atoms with E-state index >= 15 is 0 Å². The van der Waals surface area contributed by atoms with Gasteiger partial charge in [0, 0.05) is 13.6 Å². The standard InChI is InChI=1S/C11H11ClN2O2S/c1-3-6-14(2)17(15,16)11-7-9(8-13)4-5-10(11)12/h3-5,7H,1,6H2,2H3. The molecule has 0 unspecified atom stereocenters. The average Bonchev–Trinajstić information content (AvgIpc) is 2.29. The summed E-state index contributed by atoms with van der Waals surface area (Å²) in [5.41, 5.74) is 0.250. The zero-order chi connectivity index (χ0) is 13.1. The SMILES string of the molecule is C=CCN(C)S(=O)(=O)c1cc(C#N)ccc1Cl. The maximum absolute atomic E-state index is 12.1. The van der Waals surface area contributed by atoms with Crippen LogP contribution in [0.3, 0.4) is 0 Å². The molecule has 0 radical (unpaired) electrons. The van der Waals surface area contributed by atoms with Gasteiger partial charge in [-0.1, -0.05) is 17.7 Å². The van der Waals surface area contributed by atoms with Crippen molar-refractivity contribution in [1.82, 2.24) is 4.31 Å². The van der Waals surface area contributed by atoms with Crippen molar-refractivity contribution in [3.63, 3.8) is 0 Å². The molecule has 0 aromatic heterocycles. The minimum Gasteiger partial charge on any atom is -0.207 e. The first kappa shape index (κ1) is 13.7. The zero-order valence-electron chi connectivity index (χ0n) is 9.22. The Morgan fingerprint density at radius 3 is 2.76 bits per heavy atom. The first-order valence-electron chi connectivity index (χ1n) is 4.70. The molecule has 0 N–H and O–H groups in total. The Hall–Kier alpha value is -1.35. The minimum absolute atomic E-state index is 0.0671. The molecule has 1 aromatic rings. The molecule has 0 bridgehead atoms. The molecule has 1 rings (SSSR count). The molecule has 17 heavy (non-hydrogen) atoms. The Morgan fingerprint density at radius 2 is 2.24 bits per heavy atom. The molecule has 1 aromatic carbocycles. The van der Waals surface area contributed by atoms with Crippen molar-refractivity contribution in [3.8, 4) is 6.07 Å². The number of rotatable bonds is 4. The Kier molecular flexibility index (Phi) is 4.29. The molecule has 0 saturated carbocycles. The van der Waals surface area contributed by atoms with Crippen molar-refractivity contribution in [2.45, 2.75) is 4.90 Å². The van der Waals surface area contributed by atoms with Crippen LogP contribution in [0.25, 0.3) is 0 Å². The van der Waals surface area contributed by atoms with E-state index in [1.807, 2.05) is 6.07 Å². The molecular weight excluding hydrogens is 260 g/mol. The lowest BCUT2D eigenvalue weighted by molar-refractivity contribution is 0.499. The lowest BCUT2D eigenvalue weighted by Gasteiger charge is -2.16. The Morgan fingerprint density at radius 1 is 1.59 bits per heavy atom. The fourth-order valence-electron chi connectivity index (χ4n) is 1.22. The van der Waals surface area contributed by atoms with Crippen molar-refractivity contribution >= 4 is 21.6 Å². The van der Waals surface area contributed by atoms with Crippen LogP contribution in [0.4, 0.5) is 0 Å². The highest BCUT2D eigenvalue weighted by atomic mass is 35.5. The van der Waals surface area contributed by atoms with E-state index in [2.05, 4.69) is 6.58 Å². The molecule has 0 amide bonds. The van der Waals surface area contributed by atoms with Crippen LogP contribution in [0.5, 0.6) is 0 Å². The number of nitrogens with zero attached hydrogens (tertiary/aromatic N) is 2. The van der Waals surface area contributed by atoms with Gasteiger partial charge < -0.3 is 0 Å². The molecule has 0 aliphatic carbocycles. The summed E-state index contributed by atoms with van der Waals surface area (Å²) in [6.45, 7) is 3.65. The maximum atomic E-state index is 12.1. The highest BCUT2D eigenvalue weighted by molar-refractivity contribution is 7.89. The van der Waals surface area contributed by atoms with E-state index in [0.717, 1.165) is 4.31 Å². The molecule has 90 valence electrons. The largest absolute Gasteiger partial charge is 0.244 e. The zero-order valence-corrected chi connectivity index (χ0v) is 10.8. The third-order valence-electron chi connectivity index (χ3n) is 2.13. The molecule has 0 atom stereocenters. The van der Waals surface area contributed by atoms with Gasteiger partial charge in [0.1, 0.15) is 4.90 Å². The molecule has 0 fully saturated rings. The summed E-state index contributed by atoms with van der Waals surface area (Å²) in [4.78, 5) is -0.0671. The molecule has 4 nitrogen and oxygen atoms in total. The molecule has 0 heterocycles. The van der Waals surface area contributed by atoms with Crippen LogP contribution in [0.1, 0.15) is 5.56 Å². The lowest BCUT2D eigenvalue weighted by Crippen LogP contribution is -2.27. The first-order chi connectivity index (χ1) is 7.93. The second-order valence-electron chi connectivity index (χ2n) is 3.33. The van der Waals surface area contributed by atoms with Crippen molar-refractivity contribution in [1.29, 1.82) is 5.26 Å². The lowest BCUT2D eigenvalue weighted by atomic mass is 10.2. The first-order valence-corrected chi connectivity index (χ1v) is 6.52. The summed E-state index contributed by atoms with van der Waals surface area (Å²) < 4.78 is 25.3. The molecule has 0 saturated heterocycles. The molecule has 0 spiro atoms. The van der Waals surface area contributed by atoms with E-state index < -0.39 is 10.0 Å². The summed E-state index contributed by atoms with van der Waals surface area (Å²) in [5.74, 6) is 0. The van der Waals surface area contributed by atoms with E-state index in [-0.39, 0.29) is 22.0 Å². The Balaban J connectivity index is 3.33. The van der Waals surface area contributed by atoms with Crippen molar-refractivity contribution in [3.05, 3.63) is 41.4 Å². The van der Waals surface area contributed by atoms with Gasteiger partial charge in [0.05, 0.1) is 16.7 Å². The topological polar surface area (TPSA) is 61.2 Å². The molecule has 0 aliphatic heterocycles. The molecule has 0 aliphatic rings. The van der Waals surface area contributed by atoms with Gasteiger partial charge in [-0.25, -0.2) is 8.42 Å². The van der Waals surface area contributed by atoms with Crippen LogP contribution in [-0.2, 0) is 10.0 Å². The fourth-order valence-corrected chi connectivity index (χ4v) is 2.86. The van der Waals surface area contributed by atoms with Crippen LogP contribution in [0.15, 0.2) is 35.7 Å². The van der Waals surface area contributed by atoms with Crippen LogP contribution >= 0.6 is 11.6 Å². The van der Waals surface area contributed by atoms with Gasteiger partial charge in [0.2, 0.25) is 10.0 Å². The van der Waals surface area contributed by atoms with Crippen LogP contribution < -0.4 is 0 Å². The van der Waals surface area contributed by atoms with E-state index in [1.165, 1.54) is 31.3 Å². The van der Waals surface area contributed by atoms with E-state index in [1.54, 1.807) is 0 Å². The van der Waals surface area contributed by atoms with Crippen molar-refractivity contribution in [2.24, 2.45) is 0 Å². The Labute approximate surface area is 106 Å². The third kappa shape index (κ3) is 2.86. The Bertz CT molecular complexity index is 576. The number of benzene rings is 1. The highest BCUT2D eigenvalue weighted by Gasteiger charge is 2.23. The van der Waals surface area contributed by atoms with E-state index in [4.69, 9.17) is 16.9 Å². The number of likely N-dealkylation sites (N-methyl/N-ethyl adjacent to an activating group) is 1. The second kappa shape index (κ2) is 5.32. The van der Waals surface area contributed by atoms with E-state index in [0.29, 0.717) is 0 Å². The maximum Gasteiger partial charge on any atom is 0.244 e. The normalized spacial score (nSPS) is 11.2. The summed E-state index contributed by atoms with van der Waals surface area (Å²) >= 11 is 5.84. The quantitative estimate of drug-likeness (QED) is 0.787. The predicted molar refractivity (Wildman–Crippen MR) is 66.2 cm³/mol. The monoisotopic (exact) mass is 270 g/mol. The summed E-state index contributed by atoms with van der Waals surface area (Å²) in [5, 5.41) is 8.84. The van der Waals surface area contributed by atoms with Gasteiger partial charge in [-0.15, -0.1) is 6.58 Å². The van der Waals surface area contributed by atoms with Crippen molar-refractivity contribution in [2.75, 3.05) is 13.6 Å². The summed E-state index contributed by atoms with van der Waals surface area (Å²) in [7, 11) is -2.26. The highest BCUT2D eigenvalue weighted by Crippen LogP contribution is 2.24. The minimum atomic E-state index is -3.69. The number of sulfonamides is 1. The number of hydrogen-bond acceptors (Lipinski definition) is 3. The van der Waals surface area contributed by atoms with Gasteiger partial charge in [0.15, 0.2) is 0 Å². The van der Waals surface area contributed by atoms with Crippen molar-refractivity contribution < 1.29 is 8.42 Å². The number of halogens is 1. The van der Waals surface area contributed by atoms with Crippen LogP contribution in [-0.4, -0.2) is 26.3 Å². The number of nitriles is 1. The second-order valence-corrected chi connectivity index (χ2v) is 5.75. The molecule has 6 heteroatoms. The average molecular weight is 271 g/mol. The van der Waals surface area contributed by atoms with Gasteiger partial charge >= 0.3 is 0 Å². The predicted octanol–water partition coefficient (Wildman–Crippen LogP) is 2.02.